The fraction of sp³-hybridized carbons (Fsp3) is 0.308. The molecule has 3 N–H and O–H groups in total. The molecule has 2 rings (SSSR count). The molecule has 0 radical (unpaired) electrons. The van der Waals surface area contributed by atoms with E-state index in [4.69, 9.17) is 28.9 Å². The summed E-state index contributed by atoms with van der Waals surface area (Å²) in [6.45, 7) is 5.94. The van der Waals surface area contributed by atoms with Crippen LogP contribution in [0.4, 0.5) is 17.2 Å². The summed E-state index contributed by atoms with van der Waals surface area (Å²) in [7, 11) is 0. The molecule has 1 aromatic carbocycles. The van der Waals surface area contributed by atoms with E-state index in [1.165, 1.54) is 0 Å². The molecule has 0 fully saturated rings. The van der Waals surface area contributed by atoms with E-state index in [0.29, 0.717) is 21.4 Å². The summed E-state index contributed by atoms with van der Waals surface area (Å²) in [4.78, 5) is 0. The molecular formula is C13H15BrCl2N4. The van der Waals surface area contributed by atoms with Crippen LogP contribution < -0.4 is 11.1 Å². The number of nitrogen functional groups attached to an aromatic ring is 1. The molecule has 0 aliphatic heterocycles. The highest BCUT2D eigenvalue weighted by Gasteiger charge is 2.17. The Hall–Kier alpha value is -0.910. The zero-order chi connectivity index (χ0) is 15.0. The third-order valence-electron chi connectivity index (χ3n) is 2.91. The van der Waals surface area contributed by atoms with Gasteiger partial charge in [0.2, 0.25) is 0 Å². The van der Waals surface area contributed by atoms with Crippen molar-refractivity contribution >= 4 is 56.3 Å². The molecule has 2 aromatic rings. The van der Waals surface area contributed by atoms with Crippen LogP contribution in [0.5, 0.6) is 0 Å². The minimum absolute atomic E-state index is 0.179. The Bertz CT molecular complexity index is 652. The Kier molecular flexibility index (Phi) is 4.52. The van der Waals surface area contributed by atoms with Crippen molar-refractivity contribution < 1.29 is 0 Å². The molecule has 0 unspecified atom stereocenters. The van der Waals surface area contributed by atoms with Gasteiger partial charge in [-0.2, -0.15) is 5.10 Å². The lowest BCUT2D eigenvalue weighted by atomic mass is 10.3. The molecule has 1 heterocycles. The lowest BCUT2D eigenvalue weighted by molar-refractivity contribution is 0.536. The first-order chi connectivity index (χ1) is 9.32. The Morgan fingerprint density at radius 2 is 1.95 bits per heavy atom. The van der Waals surface area contributed by atoms with Crippen LogP contribution in [-0.4, -0.2) is 9.78 Å². The van der Waals surface area contributed by atoms with Crippen molar-refractivity contribution in [3.05, 3.63) is 32.3 Å². The van der Waals surface area contributed by atoms with Crippen LogP contribution in [0.3, 0.4) is 0 Å². The molecule has 0 aliphatic carbocycles. The van der Waals surface area contributed by atoms with E-state index in [2.05, 4.69) is 26.3 Å². The third-order valence-corrected chi connectivity index (χ3v) is 4.68. The normalized spacial score (nSPS) is 11.2. The molecule has 0 spiro atoms. The predicted octanol–water partition coefficient (Wildman–Crippen LogP) is 5.17. The van der Waals surface area contributed by atoms with E-state index in [1.54, 1.807) is 0 Å². The Morgan fingerprint density at radius 3 is 2.55 bits per heavy atom. The van der Waals surface area contributed by atoms with E-state index in [9.17, 15) is 0 Å². The molecule has 0 saturated heterocycles. The van der Waals surface area contributed by atoms with Crippen molar-refractivity contribution in [3.63, 3.8) is 0 Å². The Morgan fingerprint density at radius 1 is 1.30 bits per heavy atom. The molecule has 7 heteroatoms. The second kappa shape index (κ2) is 5.84. The maximum absolute atomic E-state index is 6.24. The maximum atomic E-state index is 6.24. The first-order valence-corrected chi connectivity index (χ1v) is 7.63. The van der Waals surface area contributed by atoms with Gasteiger partial charge in [-0.05, 0) is 48.8 Å². The Labute approximate surface area is 136 Å². The number of rotatable bonds is 3. The third kappa shape index (κ3) is 2.75. The number of aromatic nitrogens is 2. The molecule has 1 aromatic heterocycles. The molecule has 0 saturated carbocycles. The average Bonchev–Trinajstić information content (AvgIpc) is 2.67. The summed E-state index contributed by atoms with van der Waals surface area (Å²) < 4.78 is 2.58. The number of hydrogen-bond acceptors (Lipinski definition) is 3. The van der Waals surface area contributed by atoms with Crippen LogP contribution >= 0.6 is 39.1 Å². The van der Waals surface area contributed by atoms with Gasteiger partial charge in [0.05, 0.1) is 27.1 Å². The fourth-order valence-electron chi connectivity index (χ4n) is 1.81. The first kappa shape index (κ1) is 15.5. The fourth-order valence-corrected chi connectivity index (χ4v) is 2.63. The molecule has 0 amide bonds. The number of nitrogens with two attached hydrogens (primary N) is 1. The van der Waals surface area contributed by atoms with Crippen LogP contribution in [0, 0.1) is 6.92 Å². The quantitative estimate of drug-likeness (QED) is 0.725. The highest BCUT2D eigenvalue weighted by Crippen LogP contribution is 2.38. The lowest BCUT2D eigenvalue weighted by Gasteiger charge is -2.15. The SMILES string of the molecule is Cc1nn(C(C)C)c(Nc2ccc(Br)c(Cl)c2Cl)c1N. The zero-order valence-electron chi connectivity index (χ0n) is 11.3. The maximum Gasteiger partial charge on any atom is 0.152 e. The van der Waals surface area contributed by atoms with Gasteiger partial charge in [0.1, 0.15) is 0 Å². The van der Waals surface area contributed by atoms with Crippen LogP contribution in [0.1, 0.15) is 25.6 Å². The largest absolute Gasteiger partial charge is 0.394 e. The van der Waals surface area contributed by atoms with Crippen LogP contribution in [0.25, 0.3) is 0 Å². The summed E-state index contributed by atoms with van der Waals surface area (Å²) in [5.41, 5.74) is 8.15. The smallest absolute Gasteiger partial charge is 0.152 e. The summed E-state index contributed by atoms with van der Waals surface area (Å²) in [5.74, 6) is 0.720. The monoisotopic (exact) mass is 376 g/mol. The Balaban J connectivity index is 2.48. The molecule has 0 aliphatic rings. The molecule has 108 valence electrons. The van der Waals surface area contributed by atoms with Crippen molar-refractivity contribution in [3.8, 4) is 0 Å². The van der Waals surface area contributed by atoms with E-state index in [1.807, 2.05) is 37.6 Å². The highest BCUT2D eigenvalue weighted by molar-refractivity contribution is 9.10. The van der Waals surface area contributed by atoms with Crippen molar-refractivity contribution in [2.24, 2.45) is 0 Å². The number of nitrogens with zero attached hydrogens (tertiary/aromatic N) is 2. The van der Waals surface area contributed by atoms with Gasteiger partial charge in [-0.25, -0.2) is 4.68 Å². The van der Waals surface area contributed by atoms with Gasteiger partial charge in [0.25, 0.3) is 0 Å². The number of aryl methyl sites for hydroxylation is 1. The number of benzene rings is 1. The van der Waals surface area contributed by atoms with Gasteiger partial charge in [-0.1, -0.05) is 23.2 Å². The summed E-state index contributed by atoms with van der Waals surface area (Å²) in [6, 6.07) is 3.85. The summed E-state index contributed by atoms with van der Waals surface area (Å²) in [5, 5.41) is 8.54. The van der Waals surface area contributed by atoms with E-state index < -0.39 is 0 Å². The number of halogens is 3. The van der Waals surface area contributed by atoms with Crippen LogP contribution in [0.15, 0.2) is 16.6 Å². The van der Waals surface area contributed by atoms with Crippen LogP contribution in [-0.2, 0) is 0 Å². The van der Waals surface area contributed by atoms with E-state index >= 15 is 0 Å². The second-order valence-electron chi connectivity index (χ2n) is 4.73. The number of anilines is 3. The summed E-state index contributed by atoms with van der Waals surface area (Å²) >= 11 is 15.7. The molecule has 0 bridgehead atoms. The minimum Gasteiger partial charge on any atom is -0.394 e. The van der Waals surface area contributed by atoms with Gasteiger partial charge >= 0.3 is 0 Å². The van der Waals surface area contributed by atoms with Crippen molar-refractivity contribution in [1.82, 2.24) is 9.78 Å². The zero-order valence-corrected chi connectivity index (χ0v) is 14.4. The lowest BCUT2D eigenvalue weighted by Crippen LogP contribution is -2.08. The predicted molar refractivity (Wildman–Crippen MR) is 89.2 cm³/mol. The van der Waals surface area contributed by atoms with Gasteiger partial charge < -0.3 is 11.1 Å². The topological polar surface area (TPSA) is 55.9 Å². The van der Waals surface area contributed by atoms with E-state index in [0.717, 1.165) is 16.0 Å². The van der Waals surface area contributed by atoms with E-state index in [-0.39, 0.29) is 6.04 Å². The minimum atomic E-state index is 0.179. The van der Waals surface area contributed by atoms with Gasteiger partial charge in [-0.15, -0.1) is 0 Å². The molecular weight excluding hydrogens is 363 g/mol. The van der Waals surface area contributed by atoms with Crippen molar-refractivity contribution in [1.29, 1.82) is 0 Å². The van der Waals surface area contributed by atoms with Gasteiger partial charge in [0, 0.05) is 10.5 Å². The van der Waals surface area contributed by atoms with Crippen molar-refractivity contribution in [2.45, 2.75) is 26.8 Å². The first-order valence-electron chi connectivity index (χ1n) is 6.08. The summed E-state index contributed by atoms with van der Waals surface area (Å²) in [6.07, 6.45) is 0. The number of nitrogens with one attached hydrogen (secondary N) is 1. The van der Waals surface area contributed by atoms with Gasteiger partial charge in [0.15, 0.2) is 5.82 Å². The molecule has 0 atom stereocenters. The molecule has 4 nitrogen and oxygen atoms in total. The standard InChI is InChI=1S/C13H15BrCl2N4/c1-6(2)20-13(12(17)7(3)19-20)18-9-5-4-8(14)10(15)11(9)16/h4-6,18H,17H2,1-3H3. The van der Waals surface area contributed by atoms with Crippen molar-refractivity contribution in [2.75, 3.05) is 11.1 Å². The van der Waals surface area contributed by atoms with Gasteiger partial charge in [-0.3, -0.25) is 0 Å². The number of hydrogen-bond donors (Lipinski definition) is 2. The molecule has 20 heavy (non-hydrogen) atoms. The second-order valence-corrected chi connectivity index (χ2v) is 6.34. The average molecular weight is 378 g/mol. The highest BCUT2D eigenvalue weighted by atomic mass is 79.9. The van der Waals surface area contributed by atoms with Crippen LogP contribution in [0.2, 0.25) is 10.0 Å².